The van der Waals surface area contributed by atoms with Gasteiger partial charge in [-0.05, 0) is 37.8 Å². The maximum Gasteiger partial charge on any atom is 0.276 e. The number of hydrogen-bond donors (Lipinski definition) is 2. The number of para-hydroxylation sites is 1. The normalized spacial score (nSPS) is 14.6. The predicted molar refractivity (Wildman–Crippen MR) is 74.3 cm³/mol. The number of allylic oxidation sites excluding steroid dienone is 1. The average molecular weight is 278 g/mol. The van der Waals surface area contributed by atoms with Crippen LogP contribution in [0.1, 0.15) is 32.1 Å². The third-order valence-corrected chi connectivity index (χ3v) is 3.18. The summed E-state index contributed by atoms with van der Waals surface area (Å²) in [7, 11) is 0. The van der Waals surface area contributed by atoms with Crippen molar-refractivity contribution in [3.63, 3.8) is 0 Å². The predicted octanol–water partition coefficient (Wildman–Crippen LogP) is 2.67. The van der Waals surface area contributed by atoms with E-state index in [2.05, 4.69) is 10.9 Å². The first-order chi connectivity index (χ1) is 9.75. The topological polar surface area (TPSA) is 50.4 Å². The number of nitrogens with one attached hydrogen (secondary N) is 2. The van der Waals surface area contributed by atoms with Crippen LogP contribution in [0.2, 0.25) is 0 Å². The highest BCUT2D eigenvalue weighted by molar-refractivity contribution is 5.77. The summed E-state index contributed by atoms with van der Waals surface area (Å²) in [6.45, 7) is -0.225. The van der Waals surface area contributed by atoms with E-state index < -0.39 is 5.82 Å². The highest BCUT2D eigenvalue weighted by Gasteiger charge is 2.06. The lowest BCUT2D eigenvalue weighted by Gasteiger charge is -2.14. The van der Waals surface area contributed by atoms with Crippen molar-refractivity contribution in [2.24, 2.45) is 0 Å². The van der Waals surface area contributed by atoms with Gasteiger partial charge in [0.1, 0.15) is 0 Å². The van der Waals surface area contributed by atoms with Gasteiger partial charge in [-0.1, -0.05) is 24.1 Å². The van der Waals surface area contributed by atoms with E-state index in [9.17, 15) is 9.18 Å². The summed E-state index contributed by atoms with van der Waals surface area (Å²) < 4.78 is 18.3. The first kappa shape index (κ1) is 14.4. The molecule has 0 spiro atoms. The summed E-state index contributed by atoms with van der Waals surface area (Å²) in [6, 6.07) is 6.00. The third-order valence-electron chi connectivity index (χ3n) is 3.18. The fourth-order valence-corrected chi connectivity index (χ4v) is 2.11. The highest BCUT2D eigenvalue weighted by Crippen LogP contribution is 2.21. The lowest BCUT2D eigenvalue weighted by Crippen LogP contribution is -2.37. The van der Waals surface area contributed by atoms with Crippen molar-refractivity contribution >= 4 is 5.91 Å². The molecule has 1 aliphatic rings. The Hall–Kier alpha value is -2.04. The van der Waals surface area contributed by atoms with Crippen LogP contribution in [0.5, 0.6) is 5.75 Å². The molecule has 1 aromatic carbocycles. The van der Waals surface area contributed by atoms with Gasteiger partial charge >= 0.3 is 0 Å². The number of amides is 1. The molecular weight excluding hydrogens is 259 g/mol. The molecule has 20 heavy (non-hydrogen) atoms. The van der Waals surface area contributed by atoms with Crippen molar-refractivity contribution < 1.29 is 13.9 Å². The van der Waals surface area contributed by atoms with Gasteiger partial charge < -0.3 is 10.2 Å². The molecule has 1 aliphatic carbocycles. The number of halogens is 1. The quantitative estimate of drug-likeness (QED) is 0.814. The zero-order valence-corrected chi connectivity index (χ0v) is 11.3. The van der Waals surface area contributed by atoms with E-state index in [-0.39, 0.29) is 18.3 Å². The number of carbonyl (C=O) groups excluding carboxylic acids is 1. The number of carbonyl (C=O) groups is 1. The molecule has 0 heterocycles. The van der Waals surface area contributed by atoms with E-state index in [0.29, 0.717) is 0 Å². The van der Waals surface area contributed by atoms with Crippen LogP contribution in [-0.2, 0) is 4.79 Å². The Bertz CT molecular complexity index is 481. The second kappa shape index (κ2) is 7.53. The summed E-state index contributed by atoms with van der Waals surface area (Å²) >= 11 is 0. The molecule has 0 unspecified atom stereocenters. The molecule has 1 aromatic rings. The first-order valence-electron chi connectivity index (χ1n) is 6.85. The molecule has 2 rings (SSSR count). The van der Waals surface area contributed by atoms with Gasteiger partial charge in [-0.25, -0.2) is 4.39 Å². The Balaban J connectivity index is 1.69. The second-order valence-electron chi connectivity index (χ2n) is 4.77. The molecular formula is C15H19FN2O2. The lowest BCUT2D eigenvalue weighted by atomic mass is 9.96. The minimum absolute atomic E-state index is 0.0771. The van der Waals surface area contributed by atoms with Gasteiger partial charge in [0, 0.05) is 6.20 Å². The second-order valence-corrected chi connectivity index (χ2v) is 4.77. The molecule has 0 radical (unpaired) electrons. The summed E-state index contributed by atoms with van der Waals surface area (Å²) in [4.78, 5) is 11.5. The molecule has 1 amide bonds. The van der Waals surface area contributed by atoms with E-state index in [1.807, 2.05) is 6.20 Å². The number of ether oxygens (including phenoxy) is 1. The van der Waals surface area contributed by atoms with Crippen LogP contribution < -0.4 is 15.6 Å². The lowest BCUT2D eigenvalue weighted by molar-refractivity contribution is -0.123. The third kappa shape index (κ3) is 4.57. The van der Waals surface area contributed by atoms with Gasteiger partial charge in [0.2, 0.25) is 0 Å². The van der Waals surface area contributed by atoms with Crippen molar-refractivity contribution in [3.05, 3.63) is 41.9 Å². The van der Waals surface area contributed by atoms with Gasteiger partial charge in [-0.2, -0.15) is 0 Å². The molecule has 0 aromatic heterocycles. The van der Waals surface area contributed by atoms with E-state index >= 15 is 0 Å². The Morgan fingerprint density at radius 3 is 2.75 bits per heavy atom. The molecule has 0 bridgehead atoms. The fourth-order valence-electron chi connectivity index (χ4n) is 2.11. The van der Waals surface area contributed by atoms with E-state index in [0.717, 1.165) is 12.8 Å². The van der Waals surface area contributed by atoms with Gasteiger partial charge in [-0.15, -0.1) is 0 Å². The van der Waals surface area contributed by atoms with E-state index in [1.54, 1.807) is 12.1 Å². The summed E-state index contributed by atoms with van der Waals surface area (Å²) in [5, 5.41) is 0. The Labute approximate surface area is 118 Å². The van der Waals surface area contributed by atoms with Gasteiger partial charge in [0.25, 0.3) is 5.91 Å². The standard InChI is InChI=1S/C15H19FN2O2/c16-13-8-4-5-9-14(13)20-11-15(19)18-17-10-12-6-2-1-3-7-12/h4-5,8-10,17H,1-3,6-7,11H2,(H,18,19). The molecule has 1 fully saturated rings. The van der Waals surface area contributed by atoms with Crippen molar-refractivity contribution in [2.45, 2.75) is 32.1 Å². The Morgan fingerprint density at radius 1 is 1.25 bits per heavy atom. The highest BCUT2D eigenvalue weighted by atomic mass is 19.1. The van der Waals surface area contributed by atoms with Crippen molar-refractivity contribution in [3.8, 4) is 5.75 Å². The van der Waals surface area contributed by atoms with Crippen LogP contribution in [0, 0.1) is 5.82 Å². The van der Waals surface area contributed by atoms with Crippen LogP contribution in [0.15, 0.2) is 36.0 Å². The molecule has 108 valence electrons. The van der Waals surface area contributed by atoms with Crippen LogP contribution in [0.4, 0.5) is 4.39 Å². The van der Waals surface area contributed by atoms with Crippen LogP contribution in [0.25, 0.3) is 0 Å². The summed E-state index contributed by atoms with van der Waals surface area (Å²) in [5.41, 5.74) is 6.59. The molecule has 0 aliphatic heterocycles. The minimum atomic E-state index is -0.474. The monoisotopic (exact) mass is 278 g/mol. The van der Waals surface area contributed by atoms with Gasteiger partial charge in [-0.3, -0.25) is 10.2 Å². The molecule has 5 heteroatoms. The SMILES string of the molecule is O=C(COc1ccccc1F)NNC=C1CCCCC1. The van der Waals surface area contributed by atoms with E-state index in [4.69, 9.17) is 4.74 Å². The molecule has 0 saturated heterocycles. The van der Waals surface area contributed by atoms with Crippen molar-refractivity contribution in [1.82, 2.24) is 10.9 Å². The smallest absolute Gasteiger partial charge is 0.276 e. The number of hydrazine groups is 1. The fraction of sp³-hybridized carbons (Fsp3) is 0.400. The van der Waals surface area contributed by atoms with Crippen LogP contribution in [0.3, 0.4) is 0 Å². The number of rotatable bonds is 5. The maximum absolute atomic E-state index is 13.3. The van der Waals surface area contributed by atoms with Crippen LogP contribution in [-0.4, -0.2) is 12.5 Å². The molecule has 0 atom stereocenters. The Morgan fingerprint density at radius 2 is 2.00 bits per heavy atom. The number of benzene rings is 1. The molecule has 2 N–H and O–H groups in total. The Kier molecular flexibility index (Phi) is 5.41. The average Bonchev–Trinajstić information content (AvgIpc) is 2.47. The van der Waals surface area contributed by atoms with Gasteiger partial charge in [0.15, 0.2) is 18.2 Å². The largest absolute Gasteiger partial charge is 0.481 e. The van der Waals surface area contributed by atoms with Crippen molar-refractivity contribution in [1.29, 1.82) is 0 Å². The number of hydrogen-bond acceptors (Lipinski definition) is 3. The summed E-state index contributed by atoms with van der Waals surface area (Å²) in [5.74, 6) is -0.744. The summed E-state index contributed by atoms with van der Waals surface area (Å²) in [6.07, 6.45) is 7.68. The molecule has 1 saturated carbocycles. The zero-order chi connectivity index (χ0) is 14.2. The van der Waals surface area contributed by atoms with Crippen LogP contribution >= 0.6 is 0 Å². The maximum atomic E-state index is 13.3. The zero-order valence-electron chi connectivity index (χ0n) is 11.3. The minimum Gasteiger partial charge on any atom is -0.481 e. The van der Waals surface area contributed by atoms with E-state index in [1.165, 1.54) is 37.0 Å². The first-order valence-corrected chi connectivity index (χ1v) is 6.85. The van der Waals surface area contributed by atoms with Gasteiger partial charge in [0.05, 0.1) is 0 Å². The molecule has 4 nitrogen and oxygen atoms in total. The van der Waals surface area contributed by atoms with Crippen molar-refractivity contribution in [2.75, 3.05) is 6.61 Å².